The minimum atomic E-state index is -0.377. The summed E-state index contributed by atoms with van der Waals surface area (Å²) in [6, 6.07) is 6.79. The summed E-state index contributed by atoms with van der Waals surface area (Å²) in [5, 5.41) is 0. The Bertz CT molecular complexity index is 680. The van der Waals surface area contributed by atoms with Crippen molar-refractivity contribution >= 4 is 11.8 Å². The second kappa shape index (κ2) is 7.45. The molecule has 2 atom stereocenters. The first-order valence-corrected chi connectivity index (χ1v) is 6.87. The van der Waals surface area contributed by atoms with E-state index in [1.54, 1.807) is 31.4 Å². The number of benzene rings is 1. The van der Waals surface area contributed by atoms with Crippen molar-refractivity contribution < 1.29 is 19.1 Å². The Labute approximate surface area is 129 Å². The largest absolute Gasteiger partial charge is 0.465 e. The topological polar surface area (TPSA) is 52.6 Å². The van der Waals surface area contributed by atoms with Crippen LogP contribution in [0.1, 0.15) is 22.3 Å². The van der Waals surface area contributed by atoms with Gasteiger partial charge in [0.05, 0.1) is 25.2 Å². The lowest BCUT2D eigenvalue weighted by molar-refractivity contribution is -0.134. The first kappa shape index (κ1) is 15.8. The number of carbonyl (C=O) groups is 2. The van der Waals surface area contributed by atoms with Gasteiger partial charge in [-0.15, -0.1) is 0 Å². The van der Waals surface area contributed by atoms with Crippen LogP contribution in [-0.4, -0.2) is 32.6 Å². The van der Waals surface area contributed by atoms with E-state index in [9.17, 15) is 9.59 Å². The van der Waals surface area contributed by atoms with E-state index in [-0.39, 0.29) is 23.6 Å². The lowest BCUT2D eigenvalue weighted by Crippen LogP contribution is -2.39. The first-order valence-electron chi connectivity index (χ1n) is 6.87. The highest BCUT2D eigenvalue weighted by Gasteiger charge is 2.38. The molecule has 0 N–H and O–H groups in total. The summed E-state index contributed by atoms with van der Waals surface area (Å²) in [6.45, 7) is 0.417. The van der Waals surface area contributed by atoms with Crippen molar-refractivity contribution in [2.75, 3.05) is 20.8 Å². The molecule has 1 fully saturated rings. The van der Waals surface area contributed by atoms with E-state index in [0.29, 0.717) is 18.6 Å². The summed E-state index contributed by atoms with van der Waals surface area (Å²) in [7, 11) is 2.92. The summed E-state index contributed by atoms with van der Waals surface area (Å²) in [4.78, 5) is 22.7. The van der Waals surface area contributed by atoms with Crippen LogP contribution in [0.5, 0.6) is 0 Å². The second-order valence-electron chi connectivity index (χ2n) is 4.93. The molecule has 0 bridgehead atoms. The highest BCUT2D eigenvalue weighted by Crippen LogP contribution is 2.29. The molecule has 1 aliphatic rings. The number of hydrogen-bond acceptors (Lipinski definition) is 4. The molecule has 1 aliphatic carbocycles. The Morgan fingerprint density at radius 2 is 1.95 bits per heavy atom. The molecule has 4 heteroatoms. The van der Waals surface area contributed by atoms with Crippen molar-refractivity contribution in [1.29, 1.82) is 0 Å². The van der Waals surface area contributed by atoms with Gasteiger partial charge in [0.25, 0.3) is 0 Å². The van der Waals surface area contributed by atoms with E-state index in [0.717, 1.165) is 5.56 Å². The van der Waals surface area contributed by atoms with Crippen molar-refractivity contribution in [1.82, 2.24) is 0 Å². The SMILES string of the molecule is COC[C@H]1C(=O)C[C@H]1C#CC#Cc1ccc(C(=O)OC)cc1. The number of methoxy groups -OCH3 is 2. The first-order chi connectivity index (χ1) is 10.7. The van der Waals surface area contributed by atoms with E-state index >= 15 is 0 Å². The van der Waals surface area contributed by atoms with Crippen LogP contribution in [0.25, 0.3) is 0 Å². The molecular formula is C18H16O4. The van der Waals surface area contributed by atoms with Crippen LogP contribution < -0.4 is 0 Å². The Kier molecular flexibility index (Phi) is 5.36. The van der Waals surface area contributed by atoms with Crippen LogP contribution in [0.15, 0.2) is 24.3 Å². The van der Waals surface area contributed by atoms with Crippen LogP contribution in [0.4, 0.5) is 0 Å². The Morgan fingerprint density at radius 1 is 1.23 bits per heavy atom. The number of esters is 1. The Hall–Kier alpha value is -2.56. The second-order valence-corrected chi connectivity index (χ2v) is 4.93. The highest BCUT2D eigenvalue weighted by molar-refractivity contribution is 5.89. The lowest BCUT2D eigenvalue weighted by Gasteiger charge is -2.30. The molecule has 2 rings (SSSR count). The van der Waals surface area contributed by atoms with Crippen molar-refractivity contribution in [3.8, 4) is 23.7 Å². The zero-order chi connectivity index (χ0) is 15.9. The number of rotatable bonds is 3. The normalized spacial score (nSPS) is 19.1. The monoisotopic (exact) mass is 296 g/mol. The van der Waals surface area contributed by atoms with E-state index < -0.39 is 0 Å². The minimum absolute atomic E-state index is 0.0449. The third-order valence-electron chi connectivity index (χ3n) is 3.50. The molecule has 0 heterocycles. The number of carbonyl (C=O) groups excluding carboxylic acids is 2. The summed E-state index contributed by atoms with van der Waals surface area (Å²) >= 11 is 0. The zero-order valence-corrected chi connectivity index (χ0v) is 12.5. The molecule has 4 nitrogen and oxygen atoms in total. The van der Waals surface area contributed by atoms with Crippen LogP contribution in [0.2, 0.25) is 0 Å². The van der Waals surface area contributed by atoms with Gasteiger partial charge in [-0.3, -0.25) is 4.79 Å². The van der Waals surface area contributed by atoms with Crippen LogP contribution in [-0.2, 0) is 14.3 Å². The fourth-order valence-electron chi connectivity index (χ4n) is 2.15. The predicted molar refractivity (Wildman–Crippen MR) is 80.9 cm³/mol. The van der Waals surface area contributed by atoms with Crippen molar-refractivity contribution in [3.63, 3.8) is 0 Å². The smallest absolute Gasteiger partial charge is 0.337 e. The minimum Gasteiger partial charge on any atom is -0.465 e. The number of hydrogen-bond donors (Lipinski definition) is 0. The van der Waals surface area contributed by atoms with Gasteiger partial charge in [-0.1, -0.05) is 11.8 Å². The molecule has 0 spiro atoms. The highest BCUT2D eigenvalue weighted by atomic mass is 16.5. The summed E-state index contributed by atoms with van der Waals surface area (Å²) < 4.78 is 9.62. The number of ketones is 1. The molecule has 1 aromatic carbocycles. The van der Waals surface area contributed by atoms with Gasteiger partial charge in [0, 0.05) is 25.0 Å². The third kappa shape index (κ3) is 3.75. The average Bonchev–Trinajstić information content (AvgIpc) is 2.55. The van der Waals surface area contributed by atoms with Gasteiger partial charge in [-0.05, 0) is 36.1 Å². The zero-order valence-electron chi connectivity index (χ0n) is 12.5. The maximum absolute atomic E-state index is 11.4. The molecule has 22 heavy (non-hydrogen) atoms. The maximum atomic E-state index is 11.4. The molecule has 0 aliphatic heterocycles. The van der Waals surface area contributed by atoms with E-state index in [4.69, 9.17) is 4.74 Å². The molecule has 0 saturated heterocycles. The maximum Gasteiger partial charge on any atom is 0.337 e. The van der Waals surface area contributed by atoms with Gasteiger partial charge in [0.15, 0.2) is 0 Å². The van der Waals surface area contributed by atoms with Gasteiger partial charge in [-0.25, -0.2) is 4.79 Å². The molecule has 1 saturated carbocycles. The predicted octanol–water partition coefficient (Wildman–Crippen LogP) is 1.68. The molecule has 0 amide bonds. The quantitative estimate of drug-likeness (QED) is 0.629. The Balaban J connectivity index is 1.96. The number of ether oxygens (including phenoxy) is 2. The average molecular weight is 296 g/mol. The van der Waals surface area contributed by atoms with E-state index in [1.165, 1.54) is 7.11 Å². The standard InChI is InChI=1S/C18H16O4/c1-21-12-16-15(11-17(16)19)6-4-3-5-13-7-9-14(10-8-13)18(20)22-2/h7-10,15-16H,11-12H2,1-2H3/t15-,16-/m1/s1. The third-order valence-corrected chi connectivity index (χ3v) is 3.50. The van der Waals surface area contributed by atoms with Crippen molar-refractivity contribution in [3.05, 3.63) is 35.4 Å². The molecule has 0 unspecified atom stereocenters. The molecule has 0 aromatic heterocycles. The fraction of sp³-hybridized carbons (Fsp3) is 0.333. The van der Waals surface area contributed by atoms with Crippen LogP contribution >= 0.6 is 0 Å². The van der Waals surface area contributed by atoms with Gasteiger partial charge >= 0.3 is 5.97 Å². The van der Waals surface area contributed by atoms with Gasteiger partial charge in [0.2, 0.25) is 0 Å². The Morgan fingerprint density at radius 3 is 2.55 bits per heavy atom. The van der Waals surface area contributed by atoms with Gasteiger partial charge in [-0.2, -0.15) is 0 Å². The van der Waals surface area contributed by atoms with Gasteiger partial charge < -0.3 is 9.47 Å². The lowest BCUT2D eigenvalue weighted by atomic mass is 9.73. The van der Waals surface area contributed by atoms with Crippen molar-refractivity contribution in [2.45, 2.75) is 6.42 Å². The van der Waals surface area contributed by atoms with E-state index in [2.05, 4.69) is 28.4 Å². The fourth-order valence-corrected chi connectivity index (χ4v) is 2.15. The van der Waals surface area contributed by atoms with Crippen LogP contribution in [0.3, 0.4) is 0 Å². The molecule has 0 radical (unpaired) electrons. The molecule has 1 aromatic rings. The van der Waals surface area contributed by atoms with E-state index in [1.807, 2.05) is 0 Å². The van der Waals surface area contributed by atoms with Crippen LogP contribution in [0, 0.1) is 35.5 Å². The summed E-state index contributed by atoms with van der Waals surface area (Å²) in [6.07, 6.45) is 0.483. The van der Waals surface area contributed by atoms with Gasteiger partial charge in [0.1, 0.15) is 5.78 Å². The molecular weight excluding hydrogens is 280 g/mol. The van der Waals surface area contributed by atoms with Crippen molar-refractivity contribution in [2.24, 2.45) is 11.8 Å². The molecule has 112 valence electrons. The summed E-state index contributed by atoms with van der Waals surface area (Å²) in [5.74, 6) is 11.2. The summed E-state index contributed by atoms with van der Waals surface area (Å²) in [5.41, 5.74) is 1.25. The number of Topliss-reactive ketones (excluding diaryl/α,β-unsaturated/α-hetero) is 1.